The highest BCUT2D eigenvalue weighted by Crippen LogP contribution is 2.70. The Balaban J connectivity index is 1.59. The number of ether oxygens (including phenoxy) is 1. The molecule has 0 saturated carbocycles. The second-order valence-corrected chi connectivity index (χ2v) is 13.7. The van der Waals surface area contributed by atoms with Gasteiger partial charge in [0.2, 0.25) is 0 Å². The van der Waals surface area contributed by atoms with Crippen LogP contribution in [0.25, 0.3) is 0 Å². The first kappa shape index (κ1) is 31.3. The Morgan fingerprint density at radius 1 is 0.619 bits per heavy atom. The lowest BCUT2D eigenvalue weighted by Gasteiger charge is -2.40. The van der Waals surface area contributed by atoms with Gasteiger partial charge < -0.3 is 4.74 Å². The molecule has 0 amide bonds. The quantitative estimate of drug-likeness (QED) is 0.0852. The molecule has 0 aliphatic carbocycles. The van der Waals surface area contributed by atoms with Crippen molar-refractivity contribution in [2.24, 2.45) is 0 Å². The molecule has 0 aliphatic heterocycles. The largest absolute Gasteiger partial charge is 0.462 e. The van der Waals surface area contributed by atoms with Gasteiger partial charge in [-0.1, -0.05) is 72.8 Å². The van der Waals surface area contributed by atoms with E-state index in [4.69, 9.17) is 8.37 Å². The maximum absolute atomic E-state index is 15.4. The molecule has 4 aromatic carbocycles. The van der Waals surface area contributed by atoms with E-state index >= 15 is 17.6 Å². The monoisotopic (exact) mass is 620 g/mol. The molecule has 0 bridgehead atoms. The van der Waals surface area contributed by atoms with E-state index in [1.807, 2.05) is 0 Å². The Hall–Kier alpha value is -3.67. The summed E-state index contributed by atoms with van der Waals surface area (Å²) in [6.45, 7) is -0.304. The van der Waals surface area contributed by atoms with E-state index < -0.39 is 50.4 Å². The Morgan fingerprint density at radius 3 is 1.45 bits per heavy atom. The van der Waals surface area contributed by atoms with Gasteiger partial charge in [-0.3, -0.25) is 0 Å². The van der Waals surface area contributed by atoms with E-state index in [1.54, 1.807) is 72.8 Å². The number of hydrogen-bond acceptors (Lipinski definition) is 5. The molecule has 0 N–H and O–H groups in total. The fourth-order valence-electron chi connectivity index (χ4n) is 4.14. The zero-order chi connectivity index (χ0) is 30.3. The van der Waals surface area contributed by atoms with Crippen LogP contribution in [0.1, 0.15) is 29.6 Å². The van der Waals surface area contributed by atoms with Crippen LogP contribution in [0.3, 0.4) is 0 Å². The van der Waals surface area contributed by atoms with Crippen molar-refractivity contribution >= 4 is 26.4 Å². The van der Waals surface area contributed by atoms with Gasteiger partial charge in [0.05, 0.1) is 12.2 Å². The number of carbonyl (C=O) groups excluding carboxylic acids is 1. The van der Waals surface area contributed by atoms with E-state index in [2.05, 4.69) is 0 Å². The van der Waals surface area contributed by atoms with Crippen molar-refractivity contribution in [3.8, 4) is 0 Å². The van der Waals surface area contributed by atoms with Crippen LogP contribution in [0.2, 0.25) is 0 Å². The van der Waals surface area contributed by atoms with Crippen molar-refractivity contribution < 1.29 is 39.1 Å². The average Bonchev–Trinajstić information content (AvgIpc) is 3.01. The average molecular weight is 621 g/mol. The first-order valence-electron chi connectivity index (χ1n) is 12.9. The number of alkyl halides is 4. The summed E-state index contributed by atoms with van der Waals surface area (Å²) in [5.74, 6) is -5.67. The molecule has 0 heterocycles. The Kier molecular flexibility index (Phi) is 9.75. The molecule has 0 unspecified atom stereocenters. The van der Waals surface area contributed by atoms with Crippen molar-refractivity contribution in [1.29, 1.82) is 0 Å². The van der Waals surface area contributed by atoms with Gasteiger partial charge in [-0.05, 0) is 71.7 Å². The van der Waals surface area contributed by atoms with Gasteiger partial charge in [0.1, 0.15) is 0 Å². The first-order valence-corrected chi connectivity index (χ1v) is 15.9. The molecule has 0 atom stereocenters. The Bertz CT molecular complexity index is 1460. The molecule has 222 valence electrons. The fourth-order valence-corrected chi connectivity index (χ4v) is 9.40. The van der Waals surface area contributed by atoms with Crippen molar-refractivity contribution in [3.05, 3.63) is 127 Å². The molecule has 0 fully saturated rings. The Morgan fingerprint density at radius 2 is 1.02 bits per heavy atom. The van der Waals surface area contributed by atoms with Gasteiger partial charge in [-0.15, -0.1) is 0 Å². The van der Waals surface area contributed by atoms with E-state index in [0.717, 1.165) is 0 Å². The molecule has 0 saturated heterocycles. The van der Waals surface area contributed by atoms with Gasteiger partial charge in [0, 0.05) is 21.1 Å². The highest BCUT2D eigenvalue weighted by Gasteiger charge is 2.67. The SMILES string of the molecule is O=C(OCCCCC(F)(F)C(F)(F)S(=O)(=O)OS(c1ccccc1)(c1ccccc1)c1ccccc1)c1ccccc1. The molecule has 4 rings (SSSR count). The van der Waals surface area contributed by atoms with E-state index in [0.29, 0.717) is 0 Å². The van der Waals surface area contributed by atoms with Crippen LogP contribution in [0.4, 0.5) is 17.6 Å². The molecule has 0 aromatic heterocycles. The number of esters is 1. The number of halogens is 4. The number of carbonyl (C=O) groups is 1. The number of rotatable bonds is 13. The third kappa shape index (κ3) is 6.53. The normalized spacial score (nSPS) is 13.0. The second kappa shape index (κ2) is 13.1. The van der Waals surface area contributed by atoms with Crippen molar-refractivity contribution in [2.45, 2.75) is 45.1 Å². The van der Waals surface area contributed by atoms with Crippen LogP contribution in [0.5, 0.6) is 0 Å². The fraction of sp³-hybridized carbons (Fsp3) is 0.194. The lowest BCUT2D eigenvalue weighted by molar-refractivity contribution is -0.164. The molecule has 0 spiro atoms. The molecule has 4 aromatic rings. The third-order valence-electron chi connectivity index (χ3n) is 6.28. The summed E-state index contributed by atoms with van der Waals surface area (Å²) in [4.78, 5) is 12.7. The zero-order valence-corrected chi connectivity index (χ0v) is 23.9. The summed E-state index contributed by atoms with van der Waals surface area (Å²) in [7, 11) is -9.70. The van der Waals surface area contributed by atoms with Gasteiger partial charge in [0.15, 0.2) is 0 Å². The highest BCUT2D eigenvalue weighted by molar-refractivity contribution is 8.33. The minimum atomic E-state index is -6.24. The summed E-state index contributed by atoms with van der Waals surface area (Å²) in [6.07, 6.45) is -2.19. The minimum absolute atomic E-state index is 0.182. The lowest BCUT2D eigenvalue weighted by Crippen LogP contribution is -2.48. The molecule has 42 heavy (non-hydrogen) atoms. The maximum atomic E-state index is 15.4. The number of benzene rings is 4. The van der Waals surface area contributed by atoms with Crippen LogP contribution in [-0.2, 0) is 18.5 Å². The highest BCUT2D eigenvalue weighted by atomic mass is 32.3. The smallest absolute Gasteiger partial charge is 0.432 e. The Labute approximate surface area is 243 Å². The summed E-state index contributed by atoms with van der Waals surface area (Å²) in [6, 6.07) is 31.4. The predicted octanol–water partition coefficient (Wildman–Crippen LogP) is 8.49. The molecule has 11 heteroatoms. The summed E-state index contributed by atoms with van der Waals surface area (Å²) in [5, 5.41) is -5.57. The summed E-state index contributed by atoms with van der Waals surface area (Å²) in [5.41, 5.74) is 0.249. The predicted molar refractivity (Wildman–Crippen MR) is 152 cm³/mol. The topological polar surface area (TPSA) is 69.7 Å². The lowest BCUT2D eigenvalue weighted by atomic mass is 10.1. The van der Waals surface area contributed by atoms with Gasteiger partial charge in [-0.25, -0.2) is 8.42 Å². The molecule has 0 radical (unpaired) electrons. The standard InChI is InChI=1S/C31H28F4O5S2/c32-30(33,23-13-14-24-39-29(36)25-15-5-1-6-16-25)31(34,35)42(37,38)40-41(26-17-7-2-8-18-26,27-19-9-3-10-20-27)28-21-11-4-12-22-28/h1-12,15-22H,13-14,23-24H2. The van der Waals surface area contributed by atoms with Crippen molar-refractivity contribution in [2.75, 3.05) is 6.61 Å². The van der Waals surface area contributed by atoms with E-state index in [-0.39, 0.29) is 33.3 Å². The van der Waals surface area contributed by atoms with Crippen LogP contribution in [-0.4, -0.2) is 32.2 Å². The van der Waals surface area contributed by atoms with Crippen molar-refractivity contribution in [3.63, 3.8) is 0 Å². The number of unbranched alkanes of at least 4 members (excludes halogenated alkanes) is 1. The molecular formula is C31H28F4O5S2. The van der Waals surface area contributed by atoms with Gasteiger partial charge >= 0.3 is 27.3 Å². The zero-order valence-electron chi connectivity index (χ0n) is 22.2. The number of hydrogen-bond donors (Lipinski definition) is 0. The summed E-state index contributed by atoms with van der Waals surface area (Å²) >= 11 is 0. The van der Waals surface area contributed by atoms with Crippen LogP contribution >= 0.6 is 10.3 Å². The van der Waals surface area contributed by atoms with Crippen molar-refractivity contribution in [1.82, 2.24) is 0 Å². The first-order chi connectivity index (χ1) is 20.0. The summed E-state index contributed by atoms with van der Waals surface area (Å²) < 4.78 is 97.7. The molecular weight excluding hydrogens is 592 g/mol. The van der Waals surface area contributed by atoms with Crippen LogP contribution in [0.15, 0.2) is 136 Å². The maximum Gasteiger partial charge on any atom is 0.432 e. The third-order valence-corrected chi connectivity index (χ3v) is 11.6. The van der Waals surface area contributed by atoms with E-state index in [1.165, 1.54) is 48.5 Å². The van der Waals surface area contributed by atoms with E-state index in [9.17, 15) is 13.2 Å². The van der Waals surface area contributed by atoms with Crippen LogP contribution in [0, 0.1) is 0 Å². The van der Waals surface area contributed by atoms with Crippen LogP contribution < -0.4 is 0 Å². The van der Waals surface area contributed by atoms with Gasteiger partial charge in [-0.2, -0.15) is 26.0 Å². The molecule has 0 aliphatic rings. The van der Waals surface area contributed by atoms with Gasteiger partial charge in [0.25, 0.3) is 0 Å². The second-order valence-electron chi connectivity index (χ2n) is 9.20. The molecule has 5 nitrogen and oxygen atoms in total. The minimum Gasteiger partial charge on any atom is -0.462 e.